The number of aromatic nitrogens is 2. The van der Waals surface area contributed by atoms with Gasteiger partial charge in [0.05, 0.1) is 11.6 Å². The molecule has 0 amide bonds. The van der Waals surface area contributed by atoms with Gasteiger partial charge >= 0.3 is 6.18 Å². The molecule has 1 aromatic carbocycles. The molecule has 4 nitrogen and oxygen atoms in total. The summed E-state index contributed by atoms with van der Waals surface area (Å²) >= 11 is 5.88. The third-order valence-electron chi connectivity index (χ3n) is 4.73. The van der Waals surface area contributed by atoms with Crippen LogP contribution >= 0.6 is 11.6 Å². The van der Waals surface area contributed by atoms with E-state index < -0.39 is 17.7 Å². The van der Waals surface area contributed by atoms with E-state index in [1.165, 1.54) is 4.57 Å². The SMILES string of the molecule is O=Cc1cc(=O)n(-c2ccc(Cl)cc2)c([C@H]2CC[C@@H](C(F)(F)F)CC2)n1. The number of benzene rings is 1. The smallest absolute Gasteiger partial charge is 0.296 e. The van der Waals surface area contributed by atoms with Crippen LogP contribution in [0.3, 0.4) is 0 Å². The van der Waals surface area contributed by atoms with Gasteiger partial charge in [-0.3, -0.25) is 14.2 Å². The number of alkyl halides is 3. The molecule has 1 heterocycles. The summed E-state index contributed by atoms with van der Waals surface area (Å²) < 4.78 is 40.1. The second-order valence-electron chi connectivity index (χ2n) is 6.40. The molecule has 0 unspecified atom stereocenters. The molecule has 1 aliphatic rings. The van der Waals surface area contributed by atoms with Crippen LogP contribution in [0.5, 0.6) is 0 Å². The van der Waals surface area contributed by atoms with Crippen LogP contribution in [0, 0.1) is 5.92 Å². The van der Waals surface area contributed by atoms with Crippen molar-refractivity contribution in [3.05, 3.63) is 57.2 Å². The number of halogens is 4. The van der Waals surface area contributed by atoms with Crippen molar-refractivity contribution in [3.8, 4) is 5.69 Å². The van der Waals surface area contributed by atoms with E-state index in [4.69, 9.17) is 11.6 Å². The number of hydrogen-bond acceptors (Lipinski definition) is 3. The molecule has 0 spiro atoms. The molecule has 1 fully saturated rings. The van der Waals surface area contributed by atoms with Gasteiger partial charge in [-0.1, -0.05) is 11.6 Å². The Bertz CT molecular complexity index is 854. The number of aldehydes is 1. The van der Waals surface area contributed by atoms with E-state index in [0.717, 1.165) is 6.07 Å². The third-order valence-corrected chi connectivity index (χ3v) is 4.98. The normalized spacial score (nSPS) is 20.8. The Labute approximate surface area is 152 Å². The average Bonchev–Trinajstić information content (AvgIpc) is 2.61. The fourth-order valence-electron chi connectivity index (χ4n) is 3.38. The molecule has 2 aromatic rings. The van der Waals surface area contributed by atoms with Crippen molar-refractivity contribution in [1.29, 1.82) is 0 Å². The summed E-state index contributed by atoms with van der Waals surface area (Å²) in [6.07, 6.45) is -3.26. The maximum absolute atomic E-state index is 12.9. The van der Waals surface area contributed by atoms with E-state index in [9.17, 15) is 22.8 Å². The highest BCUT2D eigenvalue weighted by atomic mass is 35.5. The largest absolute Gasteiger partial charge is 0.391 e. The second kappa shape index (κ2) is 7.23. The Morgan fingerprint density at radius 3 is 2.27 bits per heavy atom. The van der Waals surface area contributed by atoms with Crippen molar-refractivity contribution < 1.29 is 18.0 Å². The van der Waals surface area contributed by atoms with Crippen LogP contribution in [0.1, 0.15) is 47.9 Å². The predicted octanol–water partition coefficient (Wildman–Crippen LogP) is 4.53. The van der Waals surface area contributed by atoms with E-state index >= 15 is 0 Å². The van der Waals surface area contributed by atoms with Crippen LogP contribution in [0.2, 0.25) is 5.02 Å². The maximum atomic E-state index is 12.9. The third kappa shape index (κ3) is 3.82. The first-order valence-corrected chi connectivity index (χ1v) is 8.59. The van der Waals surface area contributed by atoms with Crippen molar-refractivity contribution >= 4 is 17.9 Å². The van der Waals surface area contributed by atoms with Crippen LogP contribution < -0.4 is 5.56 Å². The van der Waals surface area contributed by atoms with Gasteiger partial charge in [0, 0.05) is 17.0 Å². The minimum Gasteiger partial charge on any atom is -0.296 e. The monoisotopic (exact) mass is 384 g/mol. The van der Waals surface area contributed by atoms with E-state index in [0.29, 0.717) is 22.8 Å². The molecule has 0 atom stereocenters. The first-order valence-electron chi connectivity index (χ1n) is 8.21. The first kappa shape index (κ1) is 18.6. The van der Waals surface area contributed by atoms with Crippen molar-refractivity contribution in [2.75, 3.05) is 0 Å². The summed E-state index contributed by atoms with van der Waals surface area (Å²) in [4.78, 5) is 27.9. The first-order chi connectivity index (χ1) is 12.3. The lowest BCUT2D eigenvalue weighted by atomic mass is 9.81. The van der Waals surface area contributed by atoms with Crippen LogP contribution in [0.25, 0.3) is 5.69 Å². The van der Waals surface area contributed by atoms with E-state index in [1.54, 1.807) is 24.3 Å². The van der Waals surface area contributed by atoms with Crippen molar-refractivity contribution in [2.45, 2.75) is 37.8 Å². The fraction of sp³-hybridized carbons (Fsp3) is 0.389. The standard InChI is InChI=1S/C18H16ClF3N2O2/c19-13-5-7-15(8-6-13)24-16(26)9-14(10-25)23-17(24)11-1-3-12(4-2-11)18(20,21)22/h5-12H,1-4H2/t11-,12+. The van der Waals surface area contributed by atoms with Gasteiger partial charge in [-0.25, -0.2) is 4.98 Å². The number of nitrogens with zero attached hydrogens (tertiary/aromatic N) is 2. The van der Waals surface area contributed by atoms with Gasteiger partial charge in [0.1, 0.15) is 11.5 Å². The van der Waals surface area contributed by atoms with Gasteiger partial charge in [-0.2, -0.15) is 13.2 Å². The zero-order chi connectivity index (χ0) is 18.9. The highest BCUT2D eigenvalue weighted by Crippen LogP contribution is 2.42. The number of rotatable bonds is 3. The highest BCUT2D eigenvalue weighted by molar-refractivity contribution is 6.30. The molecular weight excluding hydrogens is 369 g/mol. The number of carbonyl (C=O) groups excluding carboxylic acids is 1. The molecular formula is C18H16ClF3N2O2. The molecule has 0 N–H and O–H groups in total. The van der Waals surface area contributed by atoms with Crippen LogP contribution in [-0.2, 0) is 0 Å². The second-order valence-corrected chi connectivity index (χ2v) is 6.83. The van der Waals surface area contributed by atoms with Gasteiger partial charge in [0.15, 0.2) is 6.29 Å². The summed E-state index contributed by atoms with van der Waals surface area (Å²) in [7, 11) is 0. The van der Waals surface area contributed by atoms with Crippen LogP contribution in [-0.4, -0.2) is 22.0 Å². The summed E-state index contributed by atoms with van der Waals surface area (Å²) in [5, 5.41) is 0.492. The Morgan fingerprint density at radius 2 is 1.73 bits per heavy atom. The van der Waals surface area contributed by atoms with Crippen LogP contribution in [0.15, 0.2) is 35.1 Å². The Balaban J connectivity index is 2.00. The summed E-state index contributed by atoms with van der Waals surface area (Å²) in [6, 6.07) is 7.61. The van der Waals surface area contributed by atoms with Gasteiger partial charge < -0.3 is 0 Å². The van der Waals surface area contributed by atoms with E-state index in [-0.39, 0.29) is 37.3 Å². The topological polar surface area (TPSA) is 52.0 Å². The number of hydrogen-bond donors (Lipinski definition) is 0. The lowest BCUT2D eigenvalue weighted by Crippen LogP contribution is -2.31. The summed E-state index contributed by atoms with van der Waals surface area (Å²) in [6.45, 7) is 0. The molecule has 1 saturated carbocycles. The average molecular weight is 385 g/mol. The van der Waals surface area contributed by atoms with Crippen molar-refractivity contribution in [1.82, 2.24) is 9.55 Å². The molecule has 8 heteroatoms. The lowest BCUT2D eigenvalue weighted by molar-refractivity contribution is -0.182. The minimum atomic E-state index is -4.21. The minimum absolute atomic E-state index is 0.0179. The van der Waals surface area contributed by atoms with Gasteiger partial charge in [-0.15, -0.1) is 0 Å². The molecule has 138 valence electrons. The molecule has 0 radical (unpaired) electrons. The quantitative estimate of drug-likeness (QED) is 0.730. The van der Waals surface area contributed by atoms with E-state index in [2.05, 4.69) is 4.98 Å². The number of carbonyl (C=O) groups is 1. The molecule has 0 aliphatic heterocycles. The van der Waals surface area contributed by atoms with Gasteiger partial charge in [0.25, 0.3) is 5.56 Å². The molecule has 26 heavy (non-hydrogen) atoms. The summed E-state index contributed by atoms with van der Waals surface area (Å²) in [5.41, 5.74) is 0.0443. The fourth-order valence-corrected chi connectivity index (χ4v) is 3.51. The van der Waals surface area contributed by atoms with Crippen molar-refractivity contribution in [2.24, 2.45) is 5.92 Å². The Hall–Kier alpha value is -2.15. The molecule has 0 saturated heterocycles. The highest BCUT2D eigenvalue weighted by Gasteiger charge is 2.42. The molecule has 1 aromatic heterocycles. The molecule has 1 aliphatic carbocycles. The van der Waals surface area contributed by atoms with Gasteiger partial charge in [0.2, 0.25) is 0 Å². The van der Waals surface area contributed by atoms with Gasteiger partial charge in [-0.05, 0) is 49.9 Å². The zero-order valence-electron chi connectivity index (χ0n) is 13.7. The predicted molar refractivity (Wildman–Crippen MR) is 91.0 cm³/mol. The summed E-state index contributed by atoms with van der Waals surface area (Å²) in [5.74, 6) is -1.33. The van der Waals surface area contributed by atoms with Crippen molar-refractivity contribution in [3.63, 3.8) is 0 Å². The Morgan fingerprint density at radius 1 is 1.12 bits per heavy atom. The molecule has 0 bridgehead atoms. The Kier molecular flexibility index (Phi) is 5.18. The zero-order valence-corrected chi connectivity index (χ0v) is 14.4. The van der Waals surface area contributed by atoms with Crippen LogP contribution in [0.4, 0.5) is 13.2 Å². The molecule has 3 rings (SSSR count). The maximum Gasteiger partial charge on any atom is 0.391 e. The van der Waals surface area contributed by atoms with E-state index in [1.807, 2.05) is 0 Å². The lowest BCUT2D eigenvalue weighted by Gasteiger charge is -2.30.